The summed E-state index contributed by atoms with van der Waals surface area (Å²) in [6.45, 7) is 2.84. The summed E-state index contributed by atoms with van der Waals surface area (Å²) >= 11 is 0. The molecule has 7 nitrogen and oxygen atoms in total. The second-order valence-electron chi connectivity index (χ2n) is 8.12. The van der Waals surface area contributed by atoms with Gasteiger partial charge in [0.15, 0.2) is 0 Å². The molecule has 1 N–H and O–H groups in total. The highest BCUT2D eigenvalue weighted by Crippen LogP contribution is 2.38. The van der Waals surface area contributed by atoms with Gasteiger partial charge in [-0.3, -0.25) is 4.90 Å². The van der Waals surface area contributed by atoms with E-state index >= 15 is 0 Å². The summed E-state index contributed by atoms with van der Waals surface area (Å²) in [5.74, 6) is -0.463. The Morgan fingerprint density at radius 2 is 1.94 bits per heavy atom. The number of allylic oxidation sites excluding steroid dienone is 1. The summed E-state index contributed by atoms with van der Waals surface area (Å²) in [6, 6.07) is 10.9. The van der Waals surface area contributed by atoms with Crippen molar-refractivity contribution in [2.75, 3.05) is 13.2 Å². The molecule has 33 heavy (non-hydrogen) atoms. The number of amides is 2. The van der Waals surface area contributed by atoms with Crippen LogP contribution in [0.1, 0.15) is 37.3 Å². The zero-order valence-electron chi connectivity index (χ0n) is 17.9. The van der Waals surface area contributed by atoms with E-state index in [0.29, 0.717) is 35.5 Å². The van der Waals surface area contributed by atoms with Gasteiger partial charge in [0.2, 0.25) is 5.82 Å². The number of halogens is 2. The van der Waals surface area contributed by atoms with E-state index in [4.69, 9.17) is 9.26 Å². The largest absolute Gasteiger partial charge is 0.376 e. The fourth-order valence-electron chi connectivity index (χ4n) is 4.28. The van der Waals surface area contributed by atoms with Crippen molar-refractivity contribution in [3.8, 4) is 11.4 Å². The molecule has 1 aromatic heterocycles. The van der Waals surface area contributed by atoms with Crippen molar-refractivity contribution >= 4 is 11.6 Å². The highest BCUT2D eigenvalue weighted by molar-refractivity contribution is 5.87. The minimum atomic E-state index is -0.699. The Hall–Kier alpha value is -3.59. The number of hydrogen-bond donors (Lipinski definition) is 1. The van der Waals surface area contributed by atoms with Crippen LogP contribution in [0.15, 0.2) is 58.8 Å². The van der Waals surface area contributed by atoms with Crippen LogP contribution in [-0.4, -0.2) is 40.3 Å². The second-order valence-corrected chi connectivity index (χ2v) is 8.12. The van der Waals surface area contributed by atoms with Crippen molar-refractivity contribution in [2.24, 2.45) is 0 Å². The van der Waals surface area contributed by atoms with Crippen LogP contribution in [0.3, 0.4) is 0 Å². The molecular weight excluding hydrogens is 430 g/mol. The van der Waals surface area contributed by atoms with Crippen molar-refractivity contribution in [1.82, 2.24) is 20.4 Å². The number of ether oxygens (including phenoxy) is 1. The molecule has 9 heteroatoms. The molecule has 2 aromatic carbocycles. The average molecular weight is 452 g/mol. The molecule has 1 saturated heterocycles. The first-order valence-corrected chi connectivity index (χ1v) is 10.8. The number of rotatable bonds is 5. The Morgan fingerprint density at radius 3 is 2.67 bits per heavy atom. The van der Waals surface area contributed by atoms with Crippen LogP contribution in [0.4, 0.5) is 13.6 Å². The van der Waals surface area contributed by atoms with E-state index < -0.39 is 17.7 Å². The third kappa shape index (κ3) is 4.23. The molecule has 2 unspecified atom stereocenters. The summed E-state index contributed by atoms with van der Waals surface area (Å²) in [4.78, 5) is 19.1. The molecule has 0 radical (unpaired) electrons. The third-order valence-electron chi connectivity index (χ3n) is 5.93. The van der Waals surface area contributed by atoms with Crippen molar-refractivity contribution in [2.45, 2.75) is 31.9 Å². The molecule has 1 fully saturated rings. The smallest absolute Gasteiger partial charge is 0.322 e. The van der Waals surface area contributed by atoms with Gasteiger partial charge in [-0.25, -0.2) is 13.6 Å². The van der Waals surface area contributed by atoms with Crippen LogP contribution in [-0.2, 0) is 4.74 Å². The molecular formula is C24H22F2N4O3. The van der Waals surface area contributed by atoms with Crippen molar-refractivity contribution in [3.63, 3.8) is 0 Å². The fourth-order valence-corrected chi connectivity index (χ4v) is 4.28. The quantitative estimate of drug-likeness (QED) is 0.608. The van der Waals surface area contributed by atoms with Gasteiger partial charge in [-0.1, -0.05) is 29.4 Å². The van der Waals surface area contributed by atoms with Crippen molar-refractivity contribution in [3.05, 3.63) is 77.3 Å². The van der Waals surface area contributed by atoms with E-state index in [0.717, 1.165) is 12.8 Å². The molecule has 5 rings (SSSR count). The number of aromatic nitrogens is 2. The number of carbonyl (C=O) groups is 1. The van der Waals surface area contributed by atoms with Gasteiger partial charge in [-0.2, -0.15) is 4.98 Å². The normalized spacial score (nSPS) is 20.9. The summed E-state index contributed by atoms with van der Waals surface area (Å²) in [5.41, 5.74) is 2.16. The van der Waals surface area contributed by atoms with Gasteiger partial charge in [0.05, 0.1) is 24.3 Å². The fraction of sp³-hybridized carbons (Fsp3) is 0.292. The molecule has 2 amide bonds. The maximum atomic E-state index is 14.0. The lowest BCUT2D eigenvalue weighted by molar-refractivity contribution is 0.0877. The van der Waals surface area contributed by atoms with E-state index in [1.165, 1.54) is 24.3 Å². The van der Waals surface area contributed by atoms with Crippen LogP contribution in [0.5, 0.6) is 0 Å². The Bertz CT molecular complexity index is 1220. The second kappa shape index (κ2) is 8.74. The maximum absolute atomic E-state index is 14.0. The van der Waals surface area contributed by atoms with Gasteiger partial charge in [0.25, 0.3) is 5.89 Å². The molecule has 2 aliphatic heterocycles. The highest BCUT2D eigenvalue weighted by atomic mass is 19.1. The minimum Gasteiger partial charge on any atom is -0.376 e. The summed E-state index contributed by atoms with van der Waals surface area (Å²) in [7, 11) is 0. The molecule has 3 heterocycles. The van der Waals surface area contributed by atoms with Gasteiger partial charge in [-0.15, -0.1) is 0 Å². The Labute approximate surface area is 189 Å². The van der Waals surface area contributed by atoms with Crippen molar-refractivity contribution in [1.29, 1.82) is 0 Å². The first-order chi connectivity index (χ1) is 16.0. The van der Waals surface area contributed by atoms with Crippen LogP contribution in [0, 0.1) is 11.6 Å². The lowest BCUT2D eigenvalue weighted by atomic mass is 9.94. The van der Waals surface area contributed by atoms with Gasteiger partial charge >= 0.3 is 6.03 Å². The van der Waals surface area contributed by atoms with E-state index in [-0.39, 0.29) is 23.9 Å². The molecule has 0 bridgehead atoms. The maximum Gasteiger partial charge on any atom is 0.322 e. The summed E-state index contributed by atoms with van der Waals surface area (Å²) < 4.78 is 39.0. The summed E-state index contributed by atoms with van der Waals surface area (Å²) in [6.07, 6.45) is 1.75. The van der Waals surface area contributed by atoms with Gasteiger partial charge in [0, 0.05) is 17.9 Å². The predicted octanol–water partition coefficient (Wildman–Crippen LogP) is 4.69. The minimum absolute atomic E-state index is 0.0665. The summed E-state index contributed by atoms with van der Waals surface area (Å²) in [5, 5.41) is 6.95. The number of carbonyl (C=O) groups excluding carboxylic acids is 1. The van der Waals surface area contributed by atoms with Crippen molar-refractivity contribution < 1.29 is 22.8 Å². The van der Waals surface area contributed by atoms with Gasteiger partial charge < -0.3 is 14.6 Å². The van der Waals surface area contributed by atoms with Gasteiger partial charge in [0.1, 0.15) is 11.6 Å². The number of benzene rings is 2. The lowest BCUT2D eigenvalue weighted by Gasteiger charge is -2.36. The monoisotopic (exact) mass is 452 g/mol. The topological polar surface area (TPSA) is 80.5 Å². The molecule has 0 spiro atoms. The van der Waals surface area contributed by atoms with E-state index in [2.05, 4.69) is 15.5 Å². The Kier molecular flexibility index (Phi) is 5.63. The van der Waals surface area contributed by atoms with Gasteiger partial charge in [-0.05, 0) is 49.6 Å². The molecule has 2 atom stereocenters. The number of nitrogens with one attached hydrogen (secondary N) is 1. The molecule has 3 aromatic rings. The zero-order valence-corrected chi connectivity index (χ0v) is 17.9. The first-order valence-electron chi connectivity index (χ1n) is 10.8. The third-order valence-corrected chi connectivity index (χ3v) is 5.93. The number of nitrogens with zero attached hydrogens (tertiary/aromatic N) is 3. The lowest BCUT2D eigenvalue weighted by Crippen LogP contribution is -2.48. The van der Waals surface area contributed by atoms with E-state index in [1.807, 2.05) is 0 Å². The Morgan fingerprint density at radius 1 is 1.15 bits per heavy atom. The molecule has 170 valence electrons. The molecule has 2 aliphatic rings. The molecule has 0 aliphatic carbocycles. The SMILES string of the molecule is CC1=C(c2nc(-c3cccc(F)c3)no2)C(c2cccc(F)c2)NC(=O)N1CC1CCCO1. The van der Waals surface area contributed by atoms with Crippen LogP contribution in [0.2, 0.25) is 0 Å². The van der Waals surface area contributed by atoms with E-state index in [9.17, 15) is 13.6 Å². The zero-order chi connectivity index (χ0) is 22.9. The number of urea groups is 1. The first kappa shape index (κ1) is 21.3. The van der Waals surface area contributed by atoms with E-state index in [1.54, 1.807) is 36.1 Å². The highest BCUT2D eigenvalue weighted by Gasteiger charge is 2.37. The standard InChI is InChI=1S/C24H22F2N4O3/c1-14-20(23-28-22(29-33-23)16-6-3-8-18(26)12-16)21(15-5-2-7-17(25)11-15)27-24(31)30(14)13-19-9-4-10-32-19/h2-3,5-8,11-12,19,21H,4,9-10,13H2,1H3,(H,27,31). The van der Waals surface area contributed by atoms with Crippen LogP contribution in [0.25, 0.3) is 17.0 Å². The molecule has 0 saturated carbocycles. The van der Waals surface area contributed by atoms with Crippen LogP contribution >= 0.6 is 0 Å². The number of hydrogen-bond acceptors (Lipinski definition) is 5. The Balaban J connectivity index is 1.58. The van der Waals surface area contributed by atoms with Crippen LogP contribution < -0.4 is 5.32 Å². The average Bonchev–Trinajstić information content (AvgIpc) is 3.49. The predicted molar refractivity (Wildman–Crippen MR) is 116 cm³/mol.